The Labute approximate surface area is 108 Å². The van der Waals surface area contributed by atoms with Crippen LogP contribution in [0.15, 0.2) is 24.3 Å². The molecule has 1 N–H and O–H groups in total. The summed E-state index contributed by atoms with van der Waals surface area (Å²) < 4.78 is 0. The zero-order chi connectivity index (χ0) is 13.0. The molecule has 0 amide bonds. The van der Waals surface area contributed by atoms with Gasteiger partial charge in [0.05, 0.1) is 0 Å². The van der Waals surface area contributed by atoms with E-state index in [-0.39, 0.29) is 0 Å². The van der Waals surface area contributed by atoms with E-state index >= 15 is 0 Å². The standard InChI is InChI=1S/C15H21NO2/c1-12-5-2-3-7-14(12)16-10-4-6-13(11-16)8-9-15(17)18/h2-3,5,7,13H,4,6,8-11H2,1H3,(H,17,18). The van der Waals surface area contributed by atoms with Gasteiger partial charge in [-0.3, -0.25) is 4.79 Å². The highest BCUT2D eigenvalue weighted by atomic mass is 16.4. The molecule has 1 fully saturated rings. The highest BCUT2D eigenvalue weighted by Crippen LogP contribution is 2.27. The number of benzene rings is 1. The molecule has 2 rings (SSSR count). The first-order valence-corrected chi connectivity index (χ1v) is 6.69. The molecule has 1 aliphatic rings. The van der Waals surface area contributed by atoms with Crippen molar-refractivity contribution in [2.45, 2.75) is 32.6 Å². The van der Waals surface area contributed by atoms with E-state index in [9.17, 15) is 4.79 Å². The highest BCUT2D eigenvalue weighted by Gasteiger charge is 2.21. The molecule has 0 aromatic heterocycles. The lowest BCUT2D eigenvalue weighted by molar-refractivity contribution is -0.137. The van der Waals surface area contributed by atoms with Crippen LogP contribution in [0.1, 0.15) is 31.2 Å². The molecule has 0 spiro atoms. The van der Waals surface area contributed by atoms with Crippen molar-refractivity contribution in [2.75, 3.05) is 18.0 Å². The van der Waals surface area contributed by atoms with E-state index in [2.05, 4.69) is 36.1 Å². The van der Waals surface area contributed by atoms with Gasteiger partial charge < -0.3 is 10.0 Å². The van der Waals surface area contributed by atoms with Gasteiger partial charge in [-0.1, -0.05) is 18.2 Å². The Kier molecular flexibility index (Phi) is 4.24. The zero-order valence-corrected chi connectivity index (χ0v) is 10.9. The minimum atomic E-state index is -0.678. The van der Waals surface area contributed by atoms with Gasteiger partial charge in [0.2, 0.25) is 0 Å². The Morgan fingerprint density at radius 1 is 1.44 bits per heavy atom. The molecule has 18 heavy (non-hydrogen) atoms. The van der Waals surface area contributed by atoms with Crippen molar-refractivity contribution < 1.29 is 9.90 Å². The number of para-hydroxylation sites is 1. The molecule has 1 atom stereocenters. The number of carboxylic acids is 1. The molecule has 1 aromatic carbocycles. The Bertz CT molecular complexity index is 417. The van der Waals surface area contributed by atoms with Crippen LogP contribution < -0.4 is 4.90 Å². The van der Waals surface area contributed by atoms with Gasteiger partial charge in [-0.2, -0.15) is 0 Å². The lowest BCUT2D eigenvalue weighted by Crippen LogP contribution is -2.36. The monoisotopic (exact) mass is 247 g/mol. The predicted molar refractivity (Wildman–Crippen MR) is 73.0 cm³/mol. The van der Waals surface area contributed by atoms with Gasteiger partial charge in [0, 0.05) is 25.2 Å². The summed E-state index contributed by atoms with van der Waals surface area (Å²) in [7, 11) is 0. The Morgan fingerprint density at radius 3 is 2.94 bits per heavy atom. The van der Waals surface area contributed by atoms with Crippen molar-refractivity contribution in [1.82, 2.24) is 0 Å². The number of piperidine rings is 1. The lowest BCUT2D eigenvalue weighted by Gasteiger charge is -2.35. The Morgan fingerprint density at radius 2 is 2.22 bits per heavy atom. The number of aliphatic carboxylic acids is 1. The molecule has 1 aromatic rings. The van der Waals surface area contributed by atoms with E-state index < -0.39 is 5.97 Å². The van der Waals surface area contributed by atoms with Crippen LogP contribution in [0.5, 0.6) is 0 Å². The van der Waals surface area contributed by atoms with E-state index in [1.807, 2.05) is 0 Å². The number of anilines is 1. The molecule has 0 bridgehead atoms. The molecule has 1 saturated heterocycles. The Balaban J connectivity index is 1.98. The van der Waals surface area contributed by atoms with Crippen LogP contribution in [-0.4, -0.2) is 24.2 Å². The maximum absolute atomic E-state index is 10.6. The zero-order valence-electron chi connectivity index (χ0n) is 10.9. The molecular formula is C15H21NO2. The molecule has 0 radical (unpaired) electrons. The maximum Gasteiger partial charge on any atom is 0.303 e. The molecule has 0 saturated carbocycles. The van der Waals surface area contributed by atoms with Crippen molar-refractivity contribution in [3.8, 4) is 0 Å². The summed E-state index contributed by atoms with van der Waals surface area (Å²) in [5.41, 5.74) is 2.61. The van der Waals surface area contributed by atoms with Gasteiger partial charge in [-0.15, -0.1) is 0 Å². The van der Waals surface area contributed by atoms with E-state index in [1.165, 1.54) is 17.7 Å². The third-order valence-electron chi connectivity index (χ3n) is 3.74. The molecule has 0 aliphatic carbocycles. The number of hydrogen-bond acceptors (Lipinski definition) is 2. The quantitative estimate of drug-likeness (QED) is 0.889. The summed E-state index contributed by atoms with van der Waals surface area (Å²) in [4.78, 5) is 13.0. The predicted octanol–water partition coefficient (Wildman–Crippen LogP) is 3.08. The third-order valence-corrected chi connectivity index (χ3v) is 3.74. The van der Waals surface area contributed by atoms with Crippen LogP contribution in [0.25, 0.3) is 0 Å². The molecule has 1 heterocycles. The average molecular weight is 247 g/mol. The number of hydrogen-bond donors (Lipinski definition) is 1. The van der Waals surface area contributed by atoms with Gasteiger partial charge in [0.15, 0.2) is 0 Å². The van der Waals surface area contributed by atoms with Gasteiger partial charge >= 0.3 is 5.97 Å². The number of aryl methyl sites for hydroxylation is 1. The smallest absolute Gasteiger partial charge is 0.303 e. The van der Waals surface area contributed by atoms with Crippen LogP contribution >= 0.6 is 0 Å². The topological polar surface area (TPSA) is 40.5 Å². The van der Waals surface area contributed by atoms with Crippen molar-refractivity contribution in [3.63, 3.8) is 0 Å². The second kappa shape index (κ2) is 5.89. The molecular weight excluding hydrogens is 226 g/mol. The largest absolute Gasteiger partial charge is 0.481 e. The summed E-state index contributed by atoms with van der Waals surface area (Å²) in [5.74, 6) is -0.155. The van der Waals surface area contributed by atoms with E-state index in [4.69, 9.17) is 5.11 Å². The van der Waals surface area contributed by atoms with E-state index in [0.29, 0.717) is 12.3 Å². The minimum Gasteiger partial charge on any atom is -0.481 e. The lowest BCUT2D eigenvalue weighted by atomic mass is 9.92. The first kappa shape index (κ1) is 12.9. The summed E-state index contributed by atoms with van der Waals surface area (Å²) >= 11 is 0. The van der Waals surface area contributed by atoms with Gasteiger partial charge in [0.25, 0.3) is 0 Å². The fourth-order valence-corrected chi connectivity index (χ4v) is 2.77. The van der Waals surface area contributed by atoms with Crippen molar-refractivity contribution >= 4 is 11.7 Å². The van der Waals surface area contributed by atoms with E-state index in [1.54, 1.807) is 0 Å². The molecule has 1 unspecified atom stereocenters. The number of carbonyl (C=O) groups is 1. The number of carboxylic acid groups (broad SMARTS) is 1. The van der Waals surface area contributed by atoms with Crippen LogP contribution in [0.2, 0.25) is 0 Å². The van der Waals surface area contributed by atoms with Crippen LogP contribution in [-0.2, 0) is 4.79 Å². The van der Waals surface area contributed by atoms with Crippen LogP contribution in [0.3, 0.4) is 0 Å². The van der Waals surface area contributed by atoms with Crippen molar-refractivity contribution in [3.05, 3.63) is 29.8 Å². The van der Waals surface area contributed by atoms with Crippen LogP contribution in [0.4, 0.5) is 5.69 Å². The third kappa shape index (κ3) is 3.25. The number of nitrogens with zero attached hydrogens (tertiary/aromatic N) is 1. The summed E-state index contributed by atoms with van der Waals surface area (Å²) in [5, 5.41) is 8.76. The van der Waals surface area contributed by atoms with Crippen LogP contribution in [0, 0.1) is 12.8 Å². The summed E-state index contributed by atoms with van der Waals surface area (Å²) in [6.45, 7) is 4.22. The second-order valence-electron chi connectivity index (χ2n) is 5.17. The molecule has 3 nitrogen and oxygen atoms in total. The van der Waals surface area contributed by atoms with Gasteiger partial charge in [0.1, 0.15) is 0 Å². The SMILES string of the molecule is Cc1ccccc1N1CCCC(CCC(=O)O)C1. The summed E-state index contributed by atoms with van der Waals surface area (Å²) in [6, 6.07) is 8.43. The normalized spacial score (nSPS) is 19.8. The molecule has 1 aliphatic heterocycles. The second-order valence-corrected chi connectivity index (χ2v) is 5.17. The minimum absolute atomic E-state index is 0.298. The fraction of sp³-hybridized carbons (Fsp3) is 0.533. The van der Waals surface area contributed by atoms with Crippen molar-refractivity contribution in [2.24, 2.45) is 5.92 Å². The maximum atomic E-state index is 10.6. The van der Waals surface area contributed by atoms with Crippen molar-refractivity contribution in [1.29, 1.82) is 0 Å². The average Bonchev–Trinajstić information content (AvgIpc) is 2.37. The Hall–Kier alpha value is -1.51. The summed E-state index contributed by atoms with van der Waals surface area (Å²) in [6.07, 6.45) is 3.43. The molecule has 3 heteroatoms. The van der Waals surface area contributed by atoms with Gasteiger partial charge in [-0.05, 0) is 43.7 Å². The first-order valence-electron chi connectivity index (χ1n) is 6.69. The highest BCUT2D eigenvalue weighted by molar-refractivity contribution is 5.66. The molecule has 98 valence electrons. The first-order chi connectivity index (χ1) is 8.66. The van der Waals surface area contributed by atoms with Gasteiger partial charge in [-0.25, -0.2) is 0 Å². The van der Waals surface area contributed by atoms with E-state index in [0.717, 1.165) is 25.9 Å². The number of rotatable bonds is 4. The fourth-order valence-electron chi connectivity index (χ4n) is 2.77.